The Morgan fingerprint density at radius 2 is 0.321 bits per heavy atom. The van der Waals surface area contributed by atoms with Crippen molar-refractivity contribution in [2.75, 3.05) is 0 Å². The summed E-state index contributed by atoms with van der Waals surface area (Å²) in [5, 5.41) is 17.3. The van der Waals surface area contributed by atoms with Crippen LogP contribution in [0.1, 0.15) is 307 Å². The van der Waals surface area contributed by atoms with Crippen LogP contribution in [0.5, 0.6) is 0 Å². The van der Waals surface area contributed by atoms with Crippen molar-refractivity contribution in [3.8, 4) is 0 Å². The molecule has 0 saturated carbocycles. The minimum absolute atomic E-state index is 1.21. The summed E-state index contributed by atoms with van der Waals surface area (Å²) in [6.45, 7) is 9.31. The zero-order valence-corrected chi connectivity index (χ0v) is 51.2. The third-order valence-corrected chi connectivity index (χ3v) is 18.6. The second kappa shape index (κ2) is 36.5. The molecule has 0 aromatic heterocycles. The number of hydrogen-bond acceptors (Lipinski definition) is 0. The molecule has 0 heterocycles. The Morgan fingerprint density at radius 3 is 0.526 bits per heavy atom. The lowest BCUT2D eigenvalue weighted by Gasteiger charge is -2.19. The zero-order chi connectivity index (χ0) is 54.2. The van der Waals surface area contributed by atoms with Crippen molar-refractivity contribution in [1.82, 2.24) is 0 Å². The molecule has 0 atom stereocenters. The monoisotopic (exact) mass is 1050 g/mol. The normalized spacial score (nSPS) is 12.1. The maximum absolute atomic E-state index is 2.71. The van der Waals surface area contributed by atoms with Gasteiger partial charge in [-0.2, -0.15) is 0 Å². The van der Waals surface area contributed by atoms with Crippen LogP contribution < -0.4 is 0 Å². The van der Waals surface area contributed by atoms with Crippen LogP contribution in [0.3, 0.4) is 0 Å². The first kappa shape index (κ1) is 61.7. The number of aryl methyl sites for hydroxylation is 4. The fraction of sp³-hybridized carbons (Fsp3) is 0.615. The third-order valence-electron chi connectivity index (χ3n) is 18.6. The predicted molar refractivity (Wildman–Crippen MR) is 354 cm³/mol. The van der Waals surface area contributed by atoms with Gasteiger partial charge in [0, 0.05) is 0 Å². The lowest BCUT2D eigenvalue weighted by molar-refractivity contribution is 0.553. The number of rotatable bonds is 44. The van der Waals surface area contributed by atoms with E-state index in [1.807, 2.05) is 0 Å². The van der Waals surface area contributed by atoms with Gasteiger partial charge in [-0.15, -0.1) is 0 Å². The summed E-state index contributed by atoms with van der Waals surface area (Å²) < 4.78 is 0. The van der Waals surface area contributed by atoms with Gasteiger partial charge in [0.25, 0.3) is 0 Å². The van der Waals surface area contributed by atoms with Crippen molar-refractivity contribution >= 4 is 64.6 Å². The summed E-state index contributed by atoms with van der Waals surface area (Å²) in [6.07, 6.45) is 60.5. The number of fused-ring (bicyclic) bond motifs is 12. The average molecular weight is 1050 g/mol. The maximum Gasteiger partial charge on any atom is -0.00922 e. The van der Waals surface area contributed by atoms with Gasteiger partial charge >= 0.3 is 0 Å². The topological polar surface area (TPSA) is 0 Å². The van der Waals surface area contributed by atoms with Gasteiger partial charge in [0.2, 0.25) is 0 Å². The van der Waals surface area contributed by atoms with E-state index in [2.05, 4.69) is 113 Å². The summed E-state index contributed by atoms with van der Waals surface area (Å²) >= 11 is 0. The van der Waals surface area contributed by atoms with Crippen molar-refractivity contribution in [2.24, 2.45) is 0 Å². The molecule has 7 rings (SSSR count). The molecule has 0 nitrogen and oxygen atoms in total. The molecular weight excluding hydrogens is 937 g/mol. The van der Waals surface area contributed by atoms with E-state index in [1.54, 1.807) is 22.3 Å². The van der Waals surface area contributed by atoms with Gasteiger partial charge in [0.05, 0.1) is 0 Å². The lowest BCUT2D eigenvalue weighted by atomic mass is 9.85. The molecule has 7 aromatic carbocycles. The van der Waals surface area contributed by atoms with E-state index in [9.17, 15) is 0 Å². The lowest BCUT2D eigenvalue weighted by Crippen LogP contribution is -1.98. The van der Waals surface area contributed by atoms with Gasteiger partial charge in [0.1, 0.15) is 0 Å². The van der Waals surface area contributed by atoms with Crippen molar-refractivity contribution < 1.29 is 0 Å². The molecule has 0 amide bonds. The predicted octanol–water partition coefficient (Wildman–Crippen LogP) is 26.5. The third kappa shape index (κ3) is 19.1. The van der Waals surface area contributed by atoms with Crippen LogP contribution in [0.2, 0.25) is 0 Å². The molecule has 78 heavy (non-hydrogen) atoms. The van der Waals surface area contributed by atoms with Gasteiger partial charge in [0.15, 0.2) is 0 Å². The van der Waals surface area contributed by atoms with E-state index in [0.717, 1.165) is 0 Å². The van der Waals surface area contributed by atoms with Crippen LogP contribution in [-0.4, -0.2) is 0 Å². The first-order valence-corrected chi connectivity index (χ1v) is 34.4. The zero-order valence-electron chi connectivity index (χ0n) is 51.2. The summed E-state index contributed by atoms with van der Waals surface area (Å²) in [4.78, 5) is 0. The molecule has 0 aliphatic rings. The summed E-state index contributed by atoms with van der Waals surface area (Å²) in [7, 11) is 0. The summed E-state index contributed by atoms with van der Waals surface area (Å²) in [6, 6.07) is 35.1. The van der Waals surface area contributed by atoms with E-state index >= 15 is 0 Å². The molecule has 0 bridgehead atoms. The number of hydrogen-bond donors (Lipinski definition) is 0. The van der Waals surface area contributed by atoms with E-state index < -0.39 is 0 Å². The molecule has 426 valence electrons. The highest BCUT2D eigenvalue weighted by molar-refractivity contribution is 6.33. The van der Waals surface area contributed by atoms with E-state index in [0.29, 0.717) is 0 Å². The fourth-order valence-corrected chi connectivity index (χ4v) is 13.8. The van der Waals surface area contributed by atoms with E-state index in [-0.39, 0.29) is 0 Å². The average Bonchev–Trinajstić information content (AvgIpc) is 3.53. The molecule has 0 unspecified atom stereocenters. The Kier molecular flexibility index (Phi) is 28.8. The van der Waals surface area contributed by atoms with Gasteiger partial charge in [-0.3, -0.25) is 0 Å². The second-order valence-electron chi connectivity index (χ2n) is 25.1. The first-order valence-electron chi connectivity index (χ1n) is 34.4. The van der Waals surface area contributed by atoms with Crippen LogP contribution in [0.15, 0.2) is 84.9 Å². The van der Waals surface area contributed by atoms with E-state index in [4.69, 9.17) is 0 Å². The smallest absolute Gasteiger partial charge is 0.00922 e. The SMILES string of the molecule is CCCCCCCCCCCCc1cc2c3ccccc3c3cc4c5cc(CCCCCCCCCCCC)c(CCCCCCCCCCCC)cc5c5ccccc5c4cc3c2cc1CCCCCCCCCCCC. The highest BCUT2D eigenvalue weighted by Gasteiger charge is 2.18. The Balaban J connectivity index is 1.21. The molecule has 0 aliphatic carbocycles. The molecule has 0 fully saturated rings. The van der Waals surface area contributed by atoms with E-state index in [1.165, 1.54) is 347 Å². The largest absolute Gasteiger partial charge is 0.0654 e. The molecule has 7 aromatic rings. The van der Waals surface area contributed by atoms with Crippen molar-refractivity contribution in [3.05, 3.63) is 107 Å². The Bertz CT molecular complexity index is 2570. The van der Waals surface area contributed by atoms with Gasteiger partial charge in [-0.1, -0.05) is 332 Å². The molecule has 0 radical (unpaired) electrons. The van der Waals surface area contributed by atoms with Crippen LogP contribution >= 0.6 is 0 Å². The first-order chi connectivity index (χ1) is 38.7. The van der Waals surface area contributed by atoms with Crippen LogP contribution in [0.25, 0.3) is 64.6 Å². The number of benzene rings is 7. The molecule has 0 saturated heterocycles. The van der Waals surface area contributed by atoms with Crippen molar-refractivity contribution in [1.29, 1.82) is 0 Å². The minimum Gasteiger partial charge on any atom is -0.0654 e. The quantitative estimate of drug-likeness (QED) is 0.0203. The van der Waals surface area contributed by atoms with Crippen LogP contribution in [0, 0.1) is 0 Å². The standard InChI is InChI=1S/C78H114/c1-5-9-13-17-21-25-29-33-37-41-49-63-57-71-67-53-45-47-55-69(67)75-62-78-74-60-66(52-44-40-36-32-28-24-20-16-12-8-4)64(50-42-38-34-30-26-22-18-14-10-6-2)58-72(74)68-54-46-48-56-70(68)76(78)61-77(75)73(71)59-65(63)51-43-39-35-31-27-23-19-15-11-7-3/h45-48,53-62H,5-44,49-52H2,1-4H3. The highest BCUT2D eigenvalue weighted by Crippen LogP contribution is 2.44. The molecule has 0 spiro atoms. The summed E-state index contributed by atoms with van der Waals surface area (Å²) in [5.74, 6) is 0. The molecule has 0 aliphatic heterocycles. The summed E-state index contributed by atoms with van der Waals surface area (Å²) in [5.41, 5.74) is 6.51. The van der Waals surface area contributed by atoms with Crippen molar-refractivity contribution in [2.45, 2.75) is 310 Å². The Labute approximate surface area is 479 Å². The van der Waals surface area contributed by atoms with Crippen LogP contribution in [-0.2, 0) is 25.7 Å². The highest BCUT2D eigenvalue weighted by atomic mass is 14.2. The Morgan fingerprint density at radius 1 is 0.167 bits per heavy atom. The van der Waals surface area contributed by atoms with Crippen molar-refractivity contribution in [3.63, 3.8) is 0 Å². The molecule has 0 heteroatoms. The maximum atomic E-state index is 2.71. The van der Waals surface area contributed by atoms with Gasteiger partial charge < -0.3 is 0 Å². The molecular formula is C78H114. The van der Waals surface area contributed by atoms with Gasteiger partial charge in [-0.25, -0.2) is 0 Å². The Hall–Kier alpha value is -3.90. The number of unbranched alkanes of at least 4 members (excludes halogenated alkanes) is 36. The van der Waals surface area contributed by atoms with Gasteiger partial charge in [-0.05, 0) is 150 Å². The second-order valence-corrected chi connectivity index (χ2v) is 25.1. The van der Waals surface area contributed by atoms with Crippen LogP contribution in [0.4, 0.5) is 0 Å². The fourth-order valence-electron chi connectivity index (χ4n) is 13.8. The minimum atomic E-state index is 1.21. The molecule has 0 N–H and O–H groups in total.